The number of hydrogen-bond donors (Lipinski definition) is 2. The molecule has 2 aliphatic rings. The summed E-state index contributed by atoms with van der Waals surface area (Å²) in [7, 11) is 0. The number of carbonyl (C=O) groups excluding carboxylic acids is 1. The van der Waals surface area contributed by atoms with Gasteiger partial charge in [-0.05, 0) is 74.2 Å². The number of nitrogens with zero attached hydrogens (tertiary/aromatic N) is 2. The molecular formula is C26H30F2N4O. The van der Waals surface area contributed by atoms with E-state index in [1.165, 1.54) is 18.9 Å². The summed E-state index contributed by atoms with van der Waals surface area (Å²) >= 11 is 0. The van der Waals surface area contributed by atoms with Crippen LogP contribution in [0.5, 0.6) is 0 Å². The number of nitrogens with one attached hydrogen (secondary N) is 2. The molecule has 2 heterocycles. The van der Waals surface area contributed by atoms with Gasteiger partial charge in [-0.2, -0.15) is 5.10 Å². The van der Waals surface area contributed by atoms with Crippen LogP contribution in [0.1, 0.15) is 67.4 Å². The number of amides is 1. The van der Waals surface area contributed by atoms with Crippen LogP contribution in [0.2, 0.25) is 0 Å². The number of likely N-dealkylation sites (tertiary alicyclic amines) is 1. The van der Waals surface area contributed by atoms with Crippen LogP contribution in [0.15, 0.2) is 30.3 Å². The van der Waals surface area contributed by atoms with Crippen LogP contribution in [0.25, 0.3) is 22.0 Å². The second-order valence-corrected chi connectivity index (χ2v) is 9.42. The Labute approximate surface area is 192 Å². The van der Waals surface area contributed by atoms with E-state index in [0.717, 1.165) is 57.2 Å². The van der Waals surface area contributed by atoms with Crippen molar-refractivity contribution in [2.75, 3.05) is 13.1 Å². The summed E-state index contributed by atoms with van der Waals surface area (Å²) in [6.45, 7) is 2.57. The topological polar surface area (TPSA) is 61.0 Å². The standard InChI is InChI=1S/C26H30F2N4O/c27-22-14-17(16-32-11-5-2-6-12-32)13-20(24(22)28)18-9-10-23-21(15-18)25(31-30-23)26(33)29-19-7-3-1-4-8-19/h9-10,13-15,19H,1-8,11-12,16H2,(H,29,33)(H,30,31). The number of fused-ring (bicyclic) bond motifs is 1. The second kappa shape index (κ2) is 9.59. The van der Waals surface area contributed by atoms with Crippen molar-refractivity contribution in [1.82, 2.24) is 20.4 Å². The predicted octanol–water partition coefficient (Wildman–Crippen LogP) is 5.56. The van der Waals surface area contributed by atoms with Crippen LogP contribution >= 0.6 is 0 Å². The number of benzene rings is 2. The normalized spacial score (nSPS) is 18.0. The lowest BCUT2D eigenvalue weighted by atomic mass is 9.95. The highest BCUT2D eigenvalue weighted by molar-refractivity contribution is 6.05. The van der Waals surface area contributed by atoms with Crippen molar-refractivity contribution in [3.63, 3.8) is 0 Å². The van der Waals surface area contributed by atoms with Crippen molar-refractivity contribution < 1.29 is 13.6 Å². The van der Waals surface area contributed by atoms with Gasteiger partial charge in [0, 0.05) is 23.5 Å². The summed E-state index contributed by atoms with van der Waals surface area (Å²) < 4.78 is 29.4. The van der Waals surface area contributed by atoms with E-state index in [0.29, 0.717) is 28.7 Å². The molecule has 1 aliphatic heterocycles. The van der Waals surface area contributed by atoms with E-state index >= 15 is 0 Å². The molecule has 0 bridgehead atoms. The average Bonchev–Trinajstić information content (AvgIpc) is 3.26. The number of piperidine rings is 1. The maximum absolute atomic E-state index is 14.8. The zero-order valence-corrected chi connectivity index (χ0v) is 18.8. The number of H-pyrrole nitrogens is 1. The molecule has 5 rings (SSSR count). The van der Waals surface area contributed by atoms with E-state index in [2.05, 4.69) is 20.4 Å². The van der Waals surface area contributed by atoms with Crippen molar-refractivity contribution in [3.8, 4) is 11.1 Å². The van der Waals surface area contributed by atoms with Gasteiger partial charge in [-0.1, -0.05) is 31.7 Å². The molecule has 2 aromatic carbocycles. The van der Waals surface area contributed by atoms with Gasteiger partial charge in [-0.15, -0.1) is 0 Å². The monoisotopic (exact) mass is 452 g/mol. The molecule has 0 spiro atoms. The summed E-state index contributed by atoms with van der Waals surface area (Å²) in [4.78, 5) is 15.2. The summed E-state index contributed by atoms with van der Waals surface area (Å²) in [6, 6.07) is 8.44. The summed E-state index contributed by atoms with van der Waals surface area (Å²) in [6.07, 6.45) is 8.91. The third-order valence-corrected chi connectivity index (χ3v) is 6.97. The first-order chi connectivity index (χ1) is 16.1. The molecule has 0 unspecified atom stereocenters. The third-order valence-electron chi connectivity index (χ3n) is 6.97. The smallest absolute Gasteiger partial charge is 0.272 e. The Morgan fingerprint density at radius 3 is 2.58 bits per heavy atom. The van der Waals surface area contributed by atoms with Gasteiger partial charge in [0.05, 0.1) is 5.52 Å². The minimum absolute atomic E-state index is 0.166. The Hall–Kier alpha value is -2.80. The number of aromatic amines is 1. The number of hydrogen-bond acceptors (Lipinski definition) is 3. The van der Waals surface area contributed by atoms with Crippen molar-refractivity contribution >= 4 is 16.8 Å². The van der Waals surface area contributed by atoms with Crippen molar-refractivity contribution in [2.24, 2.45) is 0 Å². The first-order valence-electron chi connectivity index (χ1n) is 12.1. The highest BCUT2D eigenvalue weighted by atomic mass is 19.2. The van der Waals surface area contributed by atoms with Gasteiger partial charge >= 0.3 is 0 Å². The molecule has 1 saturated carbocycles. The molecule has 2 fully saturated rings. The van der Waals surface area contributed by atoms with Crippen LogP contribution in [0.4, 0.5) is 8.78 Å². The second-order valence-electron chi connectivity index (χ2n) is 9.42. The highest BCUT2D eigenvalue weighted by Gasteiger charge is 2.21. The molecule has 1 saturated heterocycles. The molecule has 1 amide bonds. The fourth-order valence-electron chi connectivity index (χ4n) is 5.18. The van der Waals surface area contributed by atoms with Crippen molar-refractivity contribution in [1.29, 1.82) is 0 Å². The van der Waals surface area contributed by atoms with Crippen LogP contribution in [-0.4, -0.2) is 40.1 Å². The van der Waals surface area contributed by atoms with Crippen LogP contribution in [0.3, 0.4) is 0 Å². The van der Waals surface area contributed by atoms with E-state index in [4.69, 9.17) is 0 Å². The summed E-state index contributed by atoms with van der Waals surface area (Å²) in [5.74, 6) is -1.94. The Kier molecular flexibility index (Phi) is 6.40. The quantitative estimate of drug-likeness (QED) is 0.533. The van der Waals surface area contributed by atoms with Gasteiger partial charge in [0.1, 0.15) is 0 Å². The lowest BCUT2D eigenvalue weighted by Gasteiger charge is -2.26. The maximum Gasteiger partial charge on any atom is 0.272 e. The molecule has 174 valence electrons. The lowest BCUT2D eigenvalue weighted by Crippen LogP contribution is -2.36. The van der Waals surface area contributed by atoms with Gasteiger partial charge in [-0.25, -0.2) is 8.78 Å². The van der Waals surface area contributed by atoms with E-state index in [1.807, 2.05) is 0 Å². The van der Waals surface area contributed by atoms with Crippen molar-refractivity contribution in [2.45, 2.75) is 64.0 Å². The molecule has 0 atom stereocenters. The fourth-order valence-corrected chi connectivity index (χ4v) is 5.18. The molecule has 3 aromatic rings. The summed E-state index contributed by atoms with van der Waals surface area (Å²) in [5, 5.41) is 10.8. The van der Waals surface area contributed by atoms with E-state index in [9.17, 15) is 13.6 Å². The van der Waals surface area contributed by atoms with Gasteiger partial charge < -0.3 is 5.32 Å². The first kappa shape index (κ1) is 22.0. The zero-order chi connectivity index (χ0) is 22.8. The van der Waals surface area contributed by atoms with Crippen LogP contribution < -0.4 is 5.32 Å². The van der Waals surface area contributed by atoms with Gasteiger partial charge in [0.25, 0.3) is 5.91 Å². The molecule has 7 heteroatoms. The Morgan fingerprint density at radius 1 is 1.03 bits per heavy atom. The Balaban J connectivity index is 1.44. The zero-order valence-electron chi connectivity index (χ0n) is 18.8. The molecule has 5 nitrogen and oxygen atoms in total. The Bertz CT molecular complexity index is 1150. The molecule has 2 N–H and O–H groups in total. The van der Waals surface area contributed by atoms with Crippen LogP contribution in [0, 0.1) is 11.6 Å². The summed E-state index contributed by atoms with van der Waals surface area (Å²) in [5.41, 5.74) is 2.49. The molecule has 33 heavy (non-hydrogen) atoms. The lowest BCUT2D eigenvalue weighted by molar-refractivity contribution is 0.0924. The SMILES string of the molecule is O=C(NC1CCCCC1)c1n[nH]c2ccc(-c3cc(CN4CCCCC4)cc(F)c3F)cc12. The molecule has 0 radical (unpaired) electrons. The molecule has 1 aromatic heterocycles. The van der Waals surface area contributed by atoms with E-state index in [1.54, 1.807) is 24.3 Å². The molecular weight excluding hydrogens is 422 g/mol. The first-order valence-corrected chi connectivity index (χ1v) is 12.1. The maximum atomic E-state index is 14.8. The molecule has 1 aliphatic carbocycles. The fraction of sp³-hybridized carbons (Fsp3) is 0.462. The largest absolute Gasteiger partial charge is 0.348 e. The number of carbonyl (C=O) groups is 1. The van der Waals surface area contributed by atoms with E-state index in [-0.39, 0.29) is 17.5 Å². The Morgan fingerprint density at radius 2 is 1.79 bits per heavy atom. The van der Waals surface area contributed by atoms with Crippen LogP contribution in [-0.2, 0) is 6.54 Å². The minimum Gasteiger partial charge on any atom is -0.348 e. The minimum atomic E-state index is -0.867. The van der Waals surface area contributed by atoms with Gasteiger partial charge in [0.15, 0.2) is 17.3 Å². The number of rotatable bonds is 5. The van der Waals surface area contributed by atoms with Gasteiger partial charge in [-0.3, -0.25) is 14.8 Å². The number of halogens is 2. The number of aromatic nitrogens is 2. The highest BCUT2D eigenvalue weighted by Crippen LogP contribution is 2.30. The predicted molar refractivity (Wildman–Crippen MR) is 125 cm³/mol. The van der Waals surface area contributed by atoms with Gasteiger partial charge in [0.2, 0.25) is 0 Å². The average molecular weight is 453 g/mol. The van der Waals surface area contributed by atoms with E-state index < -0.39 is 11.6 Å². The van der Waals surface area contributed by atoms with Crippen molar-refractivity contribution in [3.05, 3.63) is 53.2 Å². The third kappa shape index (κ3) is 4.78.